The van der Waals surface area contributed by atoms with Crippen molar-refractivity contribution in [3.63, 3.8) is 0 Å². The molecule has 0 bridgehead atoms. The molecule has 0 aliphatic carbocycles. The number of benzene rings is 2. The maximum Gasteiger partial charge on any atom is 0.371 e. The summed E-state index contributed by atoms with van der Waals surface area (Å²) in [4.78, 5) is 22.6. The van der Waals surface area contributed by atoms with Gasteiger partial charge in [-0.2, -0.15) is 0 Å². The number of methoxy groups -OCH3 is 1. The van der Waals surface area contributed by atoms with E-state index < -0.39 is 11.9 Å². The Morgan fingerprint density at radius 1 is 0.718 bits per heavy atom. The van der Waals surface area contributed by atoms with Gasteiger partial charge in [0, 0.05) is 5.57 Å². The van der Waals surface area contributed by atoms with Crippen LogP contribution in [0.25, 0.3) is 5.57 Å². The number of aliphatic carboxylic acids is 1. The van der Waals surface area contributed by atoms with E-state index in [-0.39, 0.29) is 11.3 Å². The molecule has 0 spiro atoms. The SMILES string of the molecule is CCCCCCC(=C(OC)C(=O)O)c1ccccc1CC.CCCCCCOc1c(CC)cccc1C(=O)O. The van der Waals surface area contributed by atoms with Crippen molar-refractivity contribution >= 4 is 17.5 Å². The van der Waals surface area contributed by atoms with Crippen molar-refractivity contribution in [3.8, 4) is 5.75 Å². The van der Waals surface area contributed by atoms with Gasteiger partial charge in [0.1, 0.15) is 11.3 Å². The highest BCUT2D eigenvalue weighted by molar-refractivity contribution is 5.94. The number of allylic oxidation sites excluding steroid dienone is 1. The summed E-state index contributed by atoms with van der Waals surface area (Å²) in [6, 6.07) is 13.3. The van der Waals surface area contributed by atoms with Crippen molar-refractivity contribution in [2.45, 2.75) is 98.3 Å². The summed E-state index contributed by atoms with van der Waals surface area (Å²) in [5.41, 5.74) is 4.23. The van der Waals surface area contributed by atoms with E-state index in [4.69, 9.17) is 14.6 Å². The molecule has 0 unspecified atom stereocenters. The van der Waals surface area contributed by atoms with Crippen LogP contribution in [0.3, 0.4) is 0 Å². The van der Waals surface area contributed by atoms with Gasteiger partial charge in [-0.05, 0) is 54.9 Å². The average Bonchev–Trinajstić information content (AvgIpc) is 2.94. The number of carboxylic acid groups (broad SMARTS) is 2. The number of para-hydroxylation sites is 1. The molecule has 0 radical (unpaired) electrons. The number of aryl methyl sites for hydroxylation is 2. The smallest absolute Gasteiger partial charge is 0.371 e. The van der Waals surface area contributed by atoms with Crippen molar-refractivity contribution < 1.29 is 29.3 Å². The van der Waals surface area contributed by atoms with Crippen molar-refractivity contribution in [2.24, 2.45) is 0 Å². The zero-order chi connectivity index (χ0) is 29.0. The number of unbranched alkanes of at least 4 members (excludes halogenated alkanes) is 6. The van der Waals surface area contributed by atoms with Crippen LogP contribution in [0.15, 0.2) is 48.2 Å². The number of carbonyl (C=O) groups is 2. The van der Waals surface area contributed by atoms with E-state index in [1.807, 2.05) is 31.2 Å². The maximum atomic E-state index is 11.5. The van der Waals surface area contributed by atoms with Gasteiger partial charge in [0.2, 0.25) is 5.76 Å². The van der Waals surface area contributed by atoms with Crippen molar-refractivity contribution in [2.75, 3.05) is 13.7 Å². The summed E-state index contributed by atoms with van der Waals surface area (Å²) in [6.45, 7) is 9.01. The molecule has 2 rings (SSSR count). The Morgan fingerprint density at radius 2 is 1.31 bits per heavy atom. The van der Waals surface area contributed by atoms with Gasteiger partial charge in [-0.3, -0.25) is 0 Å². The fourth-order valence-corrected chi connectivity index (χ4v) is 4.47. The average molecular weight is 541 g/mol. The van der Waals surface area contributed by atoms with Crippen LogP contribution in [0.4, 0.5) is 0 Å². The number of hydrogen-bond donors (Lipinski definition) is 2. The van der Waals surface area contributed by atoms with E-state index in [2.05, 4.69) is 26.8 Å². The first-order valence-electron chi connectivity index (χ1n) is 14.4. The lowest BCUT2D eigenvalue weighted by molar-refractivity contribution is -0.135. The molecule has 0 saturated heterocycles. The predicted molar refractivity (Wildman–Crippen MR) is 159 cm³/mol. The van der Waals surface area contributed by atoms with Gasteiger partial charge in [0.25, 0.3) is 0 Å². The third-order valence-electron chi connectivity index (χ3n) is 6.63. The summed E-state index contributed by atoms with van der Waals surface area (Å²) in [7, 11) is 1.43. The normalized spacial score (nSPS) is 11.2. The van der Waals surface area contributed by atoms with Crippen molar-refractivity contribution in [1.82, 2.24) is 0 Å². The number of ether oxygens (including phenoxy) is 2. The van der Waals surface area contributed by atoms with E-state index in [9.17, 15) is 14.7 Å². The first-order valence-corrected chi connectivity index (χ1v) is 14.4. The molecule has 0 aliphatic heterocycles. The molecular weight excluding hydrogens is 492 g/mol. The number of aromatic carboxylic acids is 1. The molecule has 216 valence electrons. The Bertz CT molecular complexity index is 1040. The topological polar surface area (TPSA) is 93.1 Å². The molecule has 2 aromatic carbocycles. The van der Waals surface area contributed by atoms with E-state index in [0.717, 1.165) is 61.6 Å². The van der Waals surface area contributed by atoms with Gasteiger partial charge in [-0.15, -0.1) is 0 Å². The highest BCUT2D eigenvalue weighted by Gasteiger charge is 2.18. The molecule has 0 heterocycles. The second-order valence-electron chi connectivity index (χ2n) is 9.50. The van der Waals surface area contributed by atoms with E-state index in [1.165, 1.54) is 38.4 Å². The Labute approximate surface area is 235 Å². The van der Waals surface area contributed by atoms with Crippen LogP contribution in [0.1, 0.15) is 113 Å². The van der Waals surface area contributed by atoms with E-state index in [0.29, 0.717) is 12.4 Å². The molecule has 2 aromatic rings. The lowest BCUT2D eigenvalue weighted by atomic mass is 9.93. The van der Waals surface area contributed by atoms with Gasteiger partial charge in [0.05, 0.1) is 13.7 Å². The summed E-state index contributed by atoms with van der Waals surface area (Å²) >= 11 is 0. The third-order valence-corrected chi connectivity index (χ3v) is 6.63. The lowest BCUT2D eigenvalue weighted by Gasteiger charge is -2.15. The number of carboxylic acids is 2. The Hall–Kier alpha value is -3.28. The minimum atomic E-state index is -0.992. The fourth-order valence-electron chi connectivity index (χ4n) is 4.47. The van der Waals surface area contributed by atoms with Gasteiger partial charge < -0.3 is 19.7 Å². The minimum Gasteiger partial charge on any atom is -0.492 e. The first-order chi connectivity index (χ1) is 18.9. The molecule has 6 heteroatoms. The Balaban J connectivity index is 0.000000395. The zero-order valence-electron chi connectivity index (χ0n) is 24.6. The van der Waals surface area contributed by atoms with E-state index in [1.54, 1.807) is 12.1 Å². The molecule has 0 atom stereocenters. The van der Waals surface area contributed by atoms with Crippen molar-refractivity contribution in [1.29, 1.82) is 0 Å². The third kappa shape index (κ3) is 11.6. The van der Waals surface area contributed by atoms with Crippen LogP contribution in [-0.4, -0.2) is 35.9 Å². The monoisotopic (exact) mass is 540 g/mol. The quantitative estimate of drug-likeness (QED) is 0.119. The second kappa shape index (κ2) is 19.7. The minimum absolute atomic E-state index is 0.0763. The summed E-state index contributed by atoms with van der Waals surface area (Å²) < 4.78 is 10.9. The molecule has 0 saturated carbocycles. The first kappa shape index (κ1) is 33.7. The lowest BCUT2D eigenvalue weighted by Crippen LogP contribution is -2.08. The molecule has 0 amide bonds. The highest BCUT2D eigenvalue weighted by atomic mass is 16.5. The Morgan fingerprint density at radius 3 is 1.87 bits per heavy atom. The van der Waals surface area contributed by atoms with Crippen LogP contribution in [-0.2, 0) is 22.4 Å². The van der Waals surface area contributed by atoms with Gasteiger partial charge in [0.15, 0.2) is 0 Å². The van der Waals surface area contributed by atoms with Crippen LogP contribution in [0.5, 0.6) is 5.75 Å². The summed E-state index contributed by atoms with van der Waals surface area (Å²) in [6.07, 6.45) is 11.4. The predicted octanol–water partition coefficient (Wildman–Crippen LogP) is 8.57. The molecule has 0 fully saturated rings. The maximum absolute atomic E-state index is 11.5. The molecule has 2 N–H and O–H groups in total. The van der Waals surface area contributed by atoms with Gasteiger partial charge in [-0.1, -0.05) is 103 Å². The molecule has 39 heavy (non-hydrogen) atoms. The zero-order valence-corrected chi connectivity index (χ0v) is 24.6. The van der Waals surface area contributed by atoms with Crippen LogP contribution >= 0.6 is 0 Å². The number of rotatable bonds is 17. The summed E-state index contributed by atoms with van der Waals surface area (Å²) in [5.74, 6) is -1.29. The molecule has 0 aliphatic rings. The van der Waals surface area contributed by atoms with Crippen LogP contribution < -0.4 is 4.74 Å². The summed E-state index contributed by atoms with van der Waals surface area (Å²) in [5, 5.41) is 18.5. The molecule has 6 nitrogen and oxygen atoms in total. The molecule has 0 aromatic heterocycles. The highest BCUT2D eigenvalue weighted by Crippen LogP contribution is 2.29. The largest absolute Gasteiger partial charge is 0.492 e. The van der Waals surface area contributed by atoms with Gasteiger partial charge in [-0.25, -0.2) is 9.59 Å². The molecular formula is C33H48O6. The van der Waals surface area contributed by atoms with Crippen LogP contribution in [0.2, 0.25) is 0 Å². The van der Waals surface area contributed by atoms with Crippen LogP contribution in [0, 0.1) is 0 Å². The van der Waals surface area contributed by atoms with Gasteiger partial charge >= 0.3 is 11.9 Å². The second-order valence-corrected chi connectivity index (χ2v) is 9.50. The Kier molecular flexibility index (Phi) is 17.1. The number of hydrogen-bond acceptors (Lipinski definition) is 4. The van der Waals surface area contributed by atoms with Crippen molar-refractivity contribution in [3.05, 3.63) is 70.5 Å². The fraction of sp³-hybridized carbons (Fsp3) is 0.515. The standard InChI is InChI=1S/C18H26O3.C15H22O3/c1-4-6-7-8-13-16(17(21-3)18(19)20)15-12-10-9-11-14(15)5-2;1-3-5-6-7-11-18-14-12(4-2)9-8-10-13(14)15(16)17/h9-12H,4-8,13H2,1-3H3,(H,19,20);8-10H,3-7,11H2,1-2H3,(H,16,17). The van der Waals surface area contributed by atoms with E-state index >= 15 is 0 Å².